The molecule has 1 rings (SSSR count). The summed E-state index contributed by atoms with van der Waals surface area (Å²) in [5, 5.41) is 2.76. The van der Waals surface area contributed by atoms with Crippen molar-refractivity contribution in [3.8, 4) is 0 Å². The lowest BCUT2D eigenvalue weighted by atomic mass is 10.4. The summed E-state index contributed by atoms with van der Waals surface area (Å²) in [5.74, 6) is 1.08. The van der Waals surface area contributed by atoms with Crippen molar-refractivity contribution in [3.63, 3.8) is 0 Å². The Morgan fingerprint density at radius 2 is 2.23 bits per heavy atom. The van der Waals surface area contributed by atoms with Crippen molar-refractivity contribution in [2.75, 3.05) is 24.6 Å². The van der Waals surface area contributed by atoms with Crippen LogP contribution in [0.4, 0.5) is 0 Å². The smallest absolute Gasteiger partial charge is 0.232 e. The maximum atomic E-state index is 11.1. The fraction of sp³-hybridized carbons (Fsp3) is 0.875. The number of nitrogens with one attached hydrogen (secondary N) is 1. The first-order valence-corrected chi connectivity index (χ1v) is 6.03. The highest BCUT2D eigenvalue weighted by Gasteiger charge is 2.21. The lowest BCUT2D eigenvalue weighted by molar-refractivity contribution is -0.118. The van der Waals surface area contributed by atoms with Gasteiger partial charge in [-0.15, -0.1) is 0 Å². The molecule has 1 saturated carbocycles. The minimum atomic E-state index is -1.08. The van der Waals surface area contributed by atoms with Gasteiger partial charge in [0.05, 0.1) is 0 Å². The van der Waals surface area contributed by atoms with Crippen LogP contribution in [0.3, 0.4) is 0 Å². The lowest BCUT2D eigenvalue weighted by Crippen LogP contribution is -2.31. The second kappa shape index (κ2) is 5.34. The Morgan fingerprint density at radius 1 is 1.54 bits per heavy atom. The van der Waals surface area contributed by atoms with Crippen molar-refractivity contribution in [1.82, 2.24) is 5.32 Å². The monoisotopic (exact) mass is 204 g/mol. The predicted molar refractivity (Wildman–Crippen MR) is 52.7 cm³/mol. The van der Waals surface area contributed by atoms with Crippen LogP contribution in [-0.2, 0) is 15.6 Å². The molecule has 0 saturated heterocycles. The number of hydrogen-bond acceptors (Lipinski definition) is 3. The van der Waals surface area contributed by atoms with Crippen molar-refractivity contribution < 1.29 is 9.00 Å². The van der Waals surface area contributed by atoms with E-state index < -0.39 is 10.8 Å². The van der Waals surface area contributed by atoms with Gasteiger partial charge in [-0.05, 0) is 18.8 Å². The molecule has 0 radical (unpaired) electrons. The minimum Gasteiger partial charge on any atom is -0.355 e. The number of carbonyl (C=O) groups excluding carboxylic acids is 1. The summed E-state index contributed by atoms with van der Waals surface area (Å²) in [6.07, 6.45) is 2.43. The molecule has 1 unspecified atom stereocenters. The number of hydrogen-bond donors (Lipinski definition) is 2. The summed E-state index contributed by atoms with van der Waals surface area (Å²) < 4.78 is 11.1. The molecule has 5 heteroatoms. The highest BCUT2D eigenvalue weighted by Crippen LogP contribution is 2.27. The van der Waals surface area contributed by atoms with Gasteiger partial charge < -0.3 is 11.1 Å². The Labute approximate surface area is 80.7 Å². The second-order valence-corrected chi connectivity index (χ2v) is 4.90. The molecule has 0 spiro atoms. The molecule has 0 aromatic rings. The predicted octanol–water partition coefficient (Wildman–Crippen LogP) is -0.780. The molecule has 1 aliphatic rings. The van der Waals surface area contributed by atoms with E-state index in [0.717, 1.165) is 6.54 Å². The maximum Gasteiger partial charge on any atom is 0.232 e. The summed E-state index contributed by atoms with van der Waals surface area (Å²) in [4.78, 5) is 11.1. The van der Waals surface area contributed by atoms with E-state index in [1.165, 1.54) is 12.8 Å². The third-order valence-corrected chi connectivity index (χ3v) is 3.20. The Kier molecular flexibility index (Phi) is 4.38. The molecular weight excluding hydrogens is 188 g/mol. The van der Waals surface area contributed by atoms with Crippen LogP contribution in [0.5, 0.6) is 0 Å². The average Bonchev–Trinajstić information content (AvgIpc) is 2.84. The van der Waals surface area contributed by atoms with Crippen LogP contribution in [-0.4, -0.2) is 34.7 Å². The summed E-state index contributed by atoms with van der Waals surface area (Å²) in [7, 11) is -1.08. The summed E-state index contributed by atoms with van der Waals surface area (Å²) in [5.41, 5.74) is 5.21. The molecule has 1 aliphatic carbocycles. The standard InChI is InChI=1S/C8H16N2O2S/c9-3-4-13(12)6-8(11)10-5-7-1-2-7/h7H,1-6,9H2,(H,10,11). The molecule has 1 amide bonds. The van der Waals surface area contributed by atoms with Gasteiger partial charge in [0, 0.05) is 29.6 Å². The molecule has 1 atom stereocenters. The van der Waals surface area contributed by atoms with E-state index in [-0.39, 0.29) is 11.7 Å². The van der Waals surface area contributed by atoms with E-state index in [1.807, 2.05) is 0 Å². The molecule has 0 bridgehead atoms. The number of amides is 1. The van der Waals surface area contributed by atoms with Crippen LogP contribution in [0.2, 0.25) is 0 Å². The topological polar surface area (TPSA) is 72.2 Å². The molecular formula is C8H16N2O2S. The Hall–Kier alpha value is -0.420. The highest BCUT2D eigenvalue weighted by molar-refractivity contribution is 7.85. The molecule has 4 nitrogen and oxygen atoms in total. The Balaban J connectivity index is 2.04. The molecule has 13 heavy (non-hydrogen) atoms. The van der Waals surface area contributed by atoms with Gasteiger partial charge in [0.25, 0.3) is 0 Å². The van der Waals surface area contributed by atoms with Crippen LogP contribution in [0.1, 0.15) is 12.8 Å². The first kappa shape index (κ1) is 10.7. The van der Waals surface area contributed by atoms with E-state index in [1.54, 1.807) is 0 Å². The van der Waals surface area contributed by atoms with Crippen LogP contribution < -0.4 is 11.1 Å². The molecule has 0 aliphatic heterocycles. The molecule has 3 N–H and O–H groups in total. The van der Waals surface area contributed by atoms with Gasteiger partial charge >= 0.3 is 0 Å². The Bertz CT molecular complexity index is 204. The maximum absolute atomic E-state index is 11.1. The van der Waals surface area contributed by atoms with Gasteiger partial charge in [0.1, 0.15) is 5.75 Å². The third kappa shape index (κ3) is 5.00. The van der Waals surface area contributed by atoms with Crippen molar-refractivity contribution in [2.45, 2.75) is 12.8 Å². The highest BCUT2D eigenvalue weighted by atomic mass is 32.2. The van der Waals surface area contributed by atoms with Crippen LogP contribution >= 0.6 is 0 Å². The summed E-state index contributed by atoms with van der Waals surface area (Å²) in [6, 6.07) is 0. The first-order valence-electron chi connectivity index (χ1n) is 4.54. The van der Waals surface area contributed by atoms with Crippen LogP contribution in [0.15, 0.2) is 0 Å². The zero-order chi connectivity index (χ0) is 9.68. The van der Waals surface area contributed by atoms with Crippen molar-refractivity contribution >= 4 is 16.7 Å². The Morgan fingerprint density at radius 3 is 2.77 bits per heavy atom. The normalized spacial score (nSPS) is 18.2. The summed E-state index contributed by atoms with van der Waals surface area (Å²) in [6.45, 7) is 1.13. The van der Waals surface area contributed by atoms with E-state index in [2.05, 4.69) is 5.32 Å². The zero-order valence-corrected chi connectivity index (χ0v) is 8.44. The van der Waals surface area contributed by atoms with Gasteiger partial charge in [-0.1, -0.05) is 0 Å². The van der Waals surface area contributed by atoms with Gasteiger partial charge in [-0.3, -0.25) is 9.00 Å². The van der Waals surface area contributed by atoms with Crippen molar-refractivity contribution in [1.29, 1.82) is 0 Å². The number of carbonyl (C=O) groups is 1. The molecule has 0 aromatic carbocycles. The molecule has 76 valence electrons. The lowest BCUT2D eigenvalue weighted by Gasteiger charge is -2.02. The fourth-order valence-electron chi connectivity index (χ4n) is 0.981. The molecule has 1 fully saturated rings. The van der Waals surface area contributed by atoms with Gasteiger partial charge in [-0.25, -0.2) is 0 Å². The van der Waals surface area contributed by atoms with Gasteiger partial charge in [0.15, 0.2) is 0 Å². The number of rotatable bonds is 6. The number of nitrogens with two attached hydrogens (primary N) is 1. The largest absolute Gasteiger partial charge is 0.355 e. The van der Waals surface area contributed by atoms with Crippen molar-refractivity contribution in [2.24, 2.45) is 11.7 Å². The van der Waals surface area contributed by atoms with E-state index in [0.29, 0.717) is 18.2 Å². The van der Waals surface area contributed by atoms with Crippen molar-refractivity contribution in [3.05, 3.63) is 0 Å². The summed E-state index contributed by atoms with van der Waals surface area (Å²) >= 11 is 0. The molecule has 0 heterocycles. The first-order chi connectivity index (χ1) is 6.22. The van der Waals surface area contributed by atoms with E-state index in [4.69, 9.17) is 5.73 Å². The SMILES string of the molecule is NCCS(=O)CC(=O)NCC1CC1. The second-order valence-electron chi connectivity index (χ2n) is 3.32. The van der Waals surface area contributed by atoms with Gasteiger partial charge in [0.2, 0.25) is 5.91 Å². The zero-order valence-electron chi connectivity index (χ0n) is 7.62. The third-order valence-electron chi connectivity index (χ3n) is 1.92. The fourth-order valence-corrected chi connectivity index (χ4v) is 1.78. The van der Waals surface area contributed by atoms with Crippen LogP contribution in [0.25, 0.3) is 0 Å². The van der Waals surface area contributed by atoms with Gasteiger partial charge in [-0.2, -0.15) is 0 Å². The molecule has 0 aromatic heterocycles. The quantitative estimate of drug-likeness (QED) is 0.596. The van der Waals surface area contributed by atoms with E-state index >= 15 is 0 Å². The minimum absolute atomic E-state index is 0.101. The van der Waals surface area contributed by atoms with E-state index in [9.17, 15) is 9.00 Å². The average molecular weight is 204 g/mol. The van der Waals surface area contributed by atoms with Crippen LogP contribution in [0, 0.1) is 5.92 Å².